The molecular formula is C16H24N2O. The number of aryl methyl sites for hydroxylation is 1. The normalized spacial score (nSPS) is 24.5. The Hall–Kier alpha value is -1.06. The lowest BCUT2D eigenvalue weighted by molar-refractivity contribution is 0.0279. The van der Waals surface area contributed by atoms with Crippen LogP contribution in [0.25, 0.3) is 0 Å². The van der Waals surface area contributed by atoms with Crippen LogP contribution < -0.4 is 10.2 Å². The number of anilines is 1. The molecule has 0 aliphatic carbocycles. The van der Waals surface area contributed by atoms with Crippen molar-refractivity contribution < 1.29 is 4.74 Å². The Kier molecular flexibility index (Phi) is 4.04. The number of hydrogen-bond acceptors (Lipinski definition) is 3. The number of nitrogens with one attached hydrogen (secondary N) is 1. The van der Waals surface area contributed by atoms with Gasteiger partial charge in [-0.1, -0.05) is 17.7 Å². The van der Waals surface area contributed by atoms with Gasteiger partial charge >= 0.3 is 0 Å². The summed E-state index contributed by atoms with van der Waals surface area (Å²) in [5.41, 5.74) is 4.08. The fourth-order valence-corrected chi connectivity index (χ4v) is 3.12. The summed E-state index contributed by atoms with van der Waals surface area (Å²) in [6.45, 7) is 7.27. The molecule has 2 heterocycles. The molecule has 2 aliphatic rings. The largest absolute Gasteiger partial charge is 0.371 e. The Balaban J connectivity index is 1.88. The smallest absolute Gasteiger partial charge is 0.0969 e. The number of benzene rings is 1. The molecule has 2 aliphatic heterocycles. The Labute approximate surface area is 115 Å². The number of piperidine rings is 1. The molecule has 1 N–H and O–H groups in total. The predicted molar refractivity (Wildman–Crippen MR) is 78.8 cm³/mol. The SMILES string of the molecule is Cc1ccc(N2CCCCC2)c(C2CNCCO2)c1. The van der Waals surface area contributed by atoms with Gasteiger partial charge in [-0.2, -0.15) is 0 Å². The van der Waals surface area contributed by atoms with E-state index < -0.39 is 0 Å². The zero-order chi connectivity index (χ0) is 13.1. The fraction of sp³-hybridized carbons (Fsp3) is 0.625. The van der Waals surface area contributed by atoms with E-state index in [1.54, 1.807) is 0 Å². The number of rotatable bonds is 2. The highest BCUT2D eigenvalue weighted by atomic mass is 16.5. The maximum atomic E-state index is 5.96. The van der Waals surface area contributed by atoms with Gasteiger partial charge < -0.3 is 15.0 Å². The maximum Gasteiger partial charge on any atom is 0.0969 e. The van der Waals surface area contributed by atoms with Crippen molar-refractivity contribution in [3.63, 3.8) is 0 Å². The highest BCUT2D eigenvalue weighted by Crippen LogP contribution is 2.32. The van der Waals surface area contributed by atoms with E-state index in [4.69, 9.17) is 4.74 Å². The van der Waals surface area contributed by atoms with Crippen LogP contribution in [0.15, 0.2) is 18.2 Å². The van der Waals surface area contributed by atoms with Gasteiger partial charge in [-0.25, -0.2) is 0 Å². The van der Waals surface area contributed by atoms with E-state index in [0.717, 1.165) is 19.7 Å². The van der Waals surface area contributed by atoms with Gasteiger partial charge in [-0.05, 0) is 32.3 Å². The summed E-state index contributed by atoms with van der Waals surface area (Å²) < 4.78 is 5.96. The summed E-state index contributed by atoms with van der Waals surface area (Å²) in [5, 5.41) is 3.44. The van der Waals surface area contributed by atoms with E-state index in [1.807, 2.05) is 0 Å². The standard InChI is InChI=1S/C16H24N2O/c1-13-5-6-15(18-8-3-2-4-9-18)14(11-13)16-12-17-7-10-19-16/h5-6,11,16-17H,2-4,7-10,12H2,1H3. The van der Waals surface area contributed by atoms with Crippen molar-refractivity contribution in [3.8, 4) is 0 Å². The van der Waals surface area contributed by atoms with E-state index in [1.165, 1.54) is 49.2 Å². The molecule has 104 valence electrons. The van der Waals surface area contributed by atoms with Crippen LogP contribution in [-0.2, 0) is 4.74 Å². The highest BCUT2D eigenvalue weighted by molar-refractivity contribution is 5.56. The minimum Gasteiger partial charge on any atom is -0.371 e. The number of nitrogens with zero attached hydrogens (tertiary/aromatic N) is 1. The first-order valence-electron chi connectivity index (χ1n) is 7.52. The lowest BCUT2D eigenvalue weighted by atomic mass is 10.0. The molecule has 19 heavy (non-hydrogen) atoms. The Morgan fingerprint density at radius 2 is 2.05 bits per heavy atom. The van der Waals surface area contributed by atoms with Gasteiger partial charge in [0.1, 0.15) is 0 Å². The summed E-state index contributed by atoms with van der Waals surface area (Å²) >= 11 is 0. The van der Waals surface area contributed by atoms with E-state index in [0.29, 0.717) is 0 Å². The van der Waals surface area contributed by atoms with Crippen molar-refractivity contribution in [2.75, 3.05) is 37.7 Å². The average Bonchev–Trinajstić information content (AvgIpc) is 2.49. The summed E-state index contributed by atoms with van der Waals surface area (Å²) in [4.78, 5) is 2.54. The van der Waals surface area contributed by atoms with Crippen molar-refractivity contribution in [3.05, 3.63) is 29.3 Å². The van der Waals surface area contributed by atoms with Gasteiger partial charge in [0.15, 0.2) is 0 Å². The molecule has 0 bridgehead atoms. The fourth-order valence-electron chi connectivity index (χ4n) is 3.12. The topological polar surface area (TPSA) is 24.5 Å². The first-order chi connectivity index (χ1) is 9.34. The molecule has 2 saturated heterocycles. The van der Waals surface area contributed by atoms with E-state index in [9.17, 15) is 0 Å². The number of morpholine rings is 1. The molecule has 0 saturated carbocycles. The third-order valence-corrected chi connectivity index (χ3v) is 4.15. The Morgan fingerprint density at radius 1 is 1.21 bits per heavy atom. The molecule has 1 atom stereocenters. The van der Waals surface area contributed by atoms with Crippen LogP contribution in [0.3, 0.4) is 0 Å². The third kappa shape index (κ3) is 2.93. The number of hydrogen-bond donors (Lipinski definition) is 1. The minimum atomic E-state index is 0.213. The van der Waals surface area contributed by atoms with Crippen molar-refractivity contribution >= 4 is 5.69 Å². The minimum absolute atomic E-state index is 0.213. The van der Waals surface area contributed by atoms with Crippen LogP contribution in [0.4, 0.5) is 5.69 Å². The zero-order valence-electron chi connectivity index (χ0n) is 11.8. The van der Waals surface area contributed by atoms with E-state index in [2.05, 4.69) is 35.3 Å². The van der Waals surface area contributed by atoms with Crippen LogP contribution in [0, 0.1) is 6.92 Å². The van der Waals surface area contributed by atoms with Gasteiger partial charge in [-0.3, -0.25) is 0 Å². The summed E-state index contributed by atoms with van der Waals surface area (Å²) in [6.07, 6.45) is 4.22. The molecule has 1 unspecified atom stereocenters. The maximum absolute atomic E-state index is 5.96. The monoisotopic (exact) mass is 260 g/mol. The molecule has 0 amide bonds. The molecule has 1 aromatic rings. The molecule has 0 radical (unpaired) electrons. The van der Waals surface area contributed by atoms with Crippen LogP contribution in [0.1, 0.15) is 36.5 Å². The molecule has 1 aromatic carbocycles. The van der Waals surface area contributed by atoms with Crippen molar-refractivity contribution in [1.29, 1.82) is 0 Å². The predicted octanol–water partition coefficient (Wildman–Crippen LogP) is 2.65. The first-order valence-corrected chi connectivity index (χ1v) is 7.52. The molecular weight excluding hydrogens is 236 g/mol. The van der Waals surface area contributed by atoms with Gasteiger partial charge in [0, 0.05) is 37.4 Å². The third-order valence-electron chi connectivity index (χ3n) is 4.15. The molecule has 0 spiro atoms. The van der Waals surface area contributed by atoms with Crippen LogP contribution in [0.2, 0.25) is 0 Å². The van der Waals surface area contributed by atoms with Crippen LogP contribution >= 0.6 is 0 Å². The molecule has 3 nitrogen and oxygen atoms in total. The average molecular weight is 260 g/mol. The quantitative estimate of drug-likeness (QED) is 0.884. The summed E-state index contributed by atoms with van der Waals surface area (Å²) in [5.74, 6) is 0. The Bertz CT molecular complexity index is 421. The van der Waals surface area contributed by atoms with Gasteiger partial charge in [0.25, 0.3) is 0 Å². The van der Waals surface area contributed by atoms with E-state index in [-0.39, 0.29) is 6.10 Å². The molecule has 3 rings (SSSR count). The Morgan fingerprint density at radius 3 is 2.79 bits per heavy atom. The highest BCUT2D eigenvalue weighted by Gasteiger charge is 2.22. The first kappa shape index (κ1) is 12.9. The second-order valence-corrected chi connectivity index (χ2v) is 5.67. The van der Waals surface area contributed by atoms with Crippen molar-refractivity contribution in [1.82, 2.24) is 5.32 Å². The lowest BCUT2D eigenvalue weighted by Gasteiger charge is -2.34. The second kappa shape index (κ2) is 5.93. The number of ether oxygens (including phenoxy) is 1. The molecule has 2 fully saturated rings. The van der Waals surface area contributed by atoms with Gasteiger partial charge in [0.05, 0.1) is 12.7 Å². The van der Waals surface area contributed by atoms with Crippen molar-refractivity contribution in [2.24, 2.45) is 0 Å². The zero-order valence-corrected chi connectivity index (χ0v) is 11.8. The summed E-state index contributed by atoms with van der Waals surface area (Å²) in [7, 11) is 0. The summed E-state index contributed by atoms with van der Waals surface area (Å²) in [6, 6.07) is 6.82. The van der Waals surface area contributed by atoms with Crippen LogP contribution in [0.5, 0.6) is 0 Å². The van der Waals surface area contributed by atoms with Gasteiger partial charge in [0.2, 0.25) is 0 Å². The van der Waals surface area contributed by atoms with Crippen molar-refractivity contribution in [2.45, 2.75) is 32.3 Å². The van der Waals surface area contributed by atoms with Gasteiger partial charge in [-0.15, -0.1) is 0 Å². The molecule has 3 heteroatoms. The van der Waals surface area contributed by atoms with Crippen LogP contribution in [-0.4, -0.2) is 32.8 Å². The van der Waals surface area contributed by atoms with E-state index >= 15 is 0 Å². The second-order valence-electron chi connectivity index (χ2n) is 5.67. The molecule has 0 aromatic heterocycles. The lowest BCUT2D eigenvalue weighted by Crippen LogP contribution is -2.35.